The standard InChI is InChI=1S/C21H24N4O5S/c26-20-15-25(9-8-22-20)31(28,29)19-3-1-2-16(14-19)21(27)23-17-4-6-18(7-5-17)24-10-12-30-13-11-24/h1-7,14H,8-13,15H2,(H,22,26)(H,23,27). The number of hydrogen-bond donors (Lipinski definition) is 2. The van der Waals surface area contributed by atoms with Gasteiger partial charge >= 0.3 is 0 Å². The fraction of sp³-hybridized carbons (Fsp3) is 0.333. The van der Waals surface area contributed by atoms with Crippen molar-refractivity contribution in [2.24, 2.45) is 0 Å². The zero-order chi connectivity index (χ0) is 21.8. The van der Waals surface area contributed by atoms with Gasteiger partial charge in [-0.25, -0.2) is 8.42 Å². The molecule has 2 fully saturated rings. The van der Waals surface area contributed by atoms with Crippen molar-refractivity contribution in [3.8, 4) is 0 Å². The van der Waals surface area contributed by atoms with Gasteiger partial charge in [0.2, 0.25) is 15.9 Å². The highest BCUT2D eigenvalue weighted by Crippen LogP contribution is 2.21. The molecule has 0 bridgehead atoms. The van der Waals surface area contributed by atoms with Gasteiger partial charge in [0.15, 0.2) is 0 Å². The molecule has 0 aliphatic carbocycles. The third-order valence-electron chi connectivity index (χ3n) is 5.24. The minimum atomic E-state index is -3.87. The first-order valence-corrected chi connectivity index (χ1v) is 11.5. The Morgan fingerprint density at radius 2 is 1.77 bits per heavy atom. The highest BCUT2D eigenvalue weighted by atomic mass is 32.2. The number of carbonyl (C=O) groups is 2. The summed E-state index contributed by atoms with van der Waals surface area (Å²) in [4.78, 5) is 26.5. The molecule has 2 aromatic rings. The lowest BCUT2D eigenvalue weighted by atomic mass is 10.2. The van der Waals surface area contributed by atoms with Crippen LogP contribution in [0.3, 0.4) is 0 Å². The van der Waals surface area contributed by atoms with Crippen LogP contribution in [0.25, 0.3) is 0 Å². The maximum atomic E-state index is 12.9. The molecule has 164 valence electrons. The van der Waals surface area contributed by atoms with E-state index in [0.717, 1.165) is 23.1 Å². The summed E-state index contributed by atoms with van der Waals surface area (Å²) in [6, 6.07) is 13.3. The number of nitrogens with one attached hydrogen (secondary N) is 2. The van der Waals surface area contributed by atoms with Gasteiger partial charge < -0.3 is 20.3 Å². The van der Waals surface area contributed by atoms with E-state index >= 15 is 0 Å². The van der Waals surface area contributed by atoms with Crippen molar-refractivity contribution < 1.29 is 22.7 Å². The van der Waals surface area contributed by atoms with E-state index in [1.54, 1.807) is 6.07 Å². The van der Waals surface area contributed by atoms with Crippen molar-refractivity contribution in [2.45, 2.75) is 4.90 Å². The summed E-state index contributed by atoms with van der Waals surface area (Å²) in [6.07, 6.45) is 0. The molecular weight excluding hydrogens is 420 g/mol. The second kappa shape index (κ2) is 9.04. The molecule has 0 unspecified atom stereocenters. The van der Waals surface area contributed by atoms with Crippen molar-refractivity contribution in [1.82, 2.24) is 9.62 Å². The first kappa shape index (κ1) is 21.3. The smallest absolute Gasteiger partial charge is 0.255 e. The highest BCUT2D eigenvalue weighted by molar-refractivity contribution is 7.89. The van der Waals surface area contributed by atoms with Crippen molar-refractivity contribution in [2.75, 3.05) is 56.2 Å². The van der Waals surface area contributed by atoms with E-state index in [1.807, 2.05) is 24.3 Å². The van der Waals surface area contributed by atoms with Crippen LogP contribution in [0.1, 0.15) is 10.4 Å². The van der Waals surface area contributed by atoms with Crippen LogP contribution in [0.5, 0.6) is 0 Å². The molecule has 31 heavy (non-hydrogen) atoms. The normalized spacial score (nSPS) is 17.8. The summed E-state index contributed by atoms with van der Waals surface area (Å²) in [7, 11) is -3.87. The maximum absolute atomic E-state index is 12.9. The summed E-state index contributed by atoms with van der Waals surface area (Å²) in [5.74, 6) is -0.753. The molecular formula is C21H24N4O5S. The summed E-state index contributed by atoms with van der Waals surface area (Å²) in [5, 5.41) is 5.40. The number of ether oxygens (including phenoxy) is 1. The molecule has 2 amide bonds. The van der Waals surface area contributed by atoms with Crippen molar-refractivity contribution in [3.05, 3.63) is 54.1 Å². The Labute approximate surface area is 181 Å². The van der Waals surface area contributed by atoms with Crippen LogP contribution in [0.4, 0.5) is 11.4 Å². The predicted octanol–water partition coefficient (Wildman–Crippen LogP) is 0.896. The zero-order valence-corrected chi connectivity index (χ0v) is 17.7. The molecule has 0 radical (unpaired) electrons. The van der Waals surface area contributed by atoms with Crippen LogP contribution in [0.2, 0.25) is 0 Å². The summed E-state index contributed by atoms with van der Waals surface area (Å²) in [6.45, 7) is 3.27. The van der Waals surface area contributed by atoms with E-state index in [1.165, 1.54) is 18.2 Å². The topological polar surface area (TPSA) is 108 Å². The number of piperazine rings is 1. The monoisotopic (exact) mass is 444 g/mol. The van der Waals surface area contributed by atoms with Crippen LogP contribution in [0.15, 0.2) is 53.4 Å². The van der Waals surface area contributed by atoms with E-state index in [4.69, 9.17) is 4.74 Å². The second-order valence-corrected chi connectivity index (χ2v) is 9.25. The van der Waals surface area contributed by atoms with Gasteiger partial charge in [0.1, 0.15) is 0 Å². The van der Waals surface area contributed by atoms with Crippen molar-refractivity contribution in [1.29, 1.82) is 0 Å². The number of anilines is 2. The third-order valence-corrected chi connectivity index (χ3v) is 7.08. The van der Waals surface area contributed by atoms with Gasteiger partial charge in [-0.2, -0.15) is 4.31 Å². The van der Waals surface area contributed by atoms with Gasteiger partial charge in [-0.1, -0.05) is 6.07 Å². The predicted molar refractivity (Wildman–Crippen MR) is 116 cm³/mol. The molecule has 0 aromatic heterocycles. The van der Waals surface area contributed by atoms with Gasteiger partial charge in [-0.3, -0.25) is 9.59 Å². The van der Waals surface area contributed by atoms with E-state index in [2.05, 4.69) is 15.5 Å². The van der Waals surface area contributed by atoms with Crippen LogP contribution >= 0.6 is 0 Å². The molecule has 9 nitrogen and oxygen atoms in total. The lowest BCUT2D eigenvalue weighted by Crippen LogP contribution is -2.49. The Hall–Kier alpha value is -2.95. The minimum absolute atomic E-state index is 0.0162. The van der Waals surface area contributed by atoms with Gasteiger partial charge in [0.05, 0.1) is 24.7 Å². The Morgan fingerprint density at radius 1 is 1.03 bits per heavy atom. The fourth-order valence-electron chi connectivity index (χ4n) is 3.55. The minimum Gasteiger partial charge on any atom is -0.378 e. The Bertz CT molecular complexity index is 1070. The fourth-order valence-corrected chi connectivity index (χ4v) is 4.99. The lowest BCUT2D eigenvalue weighted by Gasteiger charge is -2.28. The summed E-state index contributed by atoms with van der Waals surface area (Å²) >= 11 is 0. The summed E-state index contributed by atoms with van der Waals surface area (Å²) < 4.78 is 32.2. The van der Waals surface area contributed by atoms with Crippen molar-refractivity contribution >= 4 is 33.2 Å². The molecule has 10 heteroatoms. The molecule has 2 N–H and O–H groups in total. The van der Waals surface area contributed by atoms with Crippen LogP contribution in [-0.2, 0) is 19.6 Å². The molecule has 0 saturated carbocycles. The Balaban J connectivity index is 1.46. The van der Waals surface area contributed by atoms with Crippen molar-refractivity contribution in [3.63, 3.8) is 0 Å². The average Bonchev–Trinajstić information content (AvgIpc) is 2.80. The second-order valence-electron chi connectivity index (χ2n) is 7.32. The quantitative estimate of drug-likeness (QED) is 0.709. The molecule has 2 aliphatic rings. The largest absolute Gasteiger partial charge is 0.378 e. The van der Waals surface area contributed by atoms with E-state index in [0.29, 0.717) is 18.9 Å². The zero-order valence-electron chi connectivity index (χ0n) is 16.9. The Morgan fingerprint density at radius 3 is 2.48 bits per heavy atom. The van der Waals surface area contributed by atoms with Gasteiger partial charge in [-0.15, -0.1) is 0 Å². The lowest BCUT2D eigenvalue weighted by molar-refractivity contribution is -0.122. The number of amides is 2. The van der Waals surface area contributed by atoms with Gasteiger partial charge in [0, 0.05) is 43.1 Å². The first-order chi connectivity index (χ1) is 14.9. The first-order valence-electron chi connectivity index (χ1n) is 10.0. The van der Waals surface area contributed by atoms with Crippen LogP contribution in [0, 0.1) is 0 Å². The highest BCUT2D eigenvalue weighted by Gasteiger charge is 2.29. The molecule has 0 atom stereocenters. The molecule has 2 saturated heterocycles. The van der Waals surface area contributed by atoms with Gasteiger partial charge in [0.25, 0.3) is 5.91 Å². The molecule has 0 spiro atoms. The number of rotatable bonds is 5. The molecule has 2 heterocycles. The van der Waals surface area contributed by atoms with E-state index < -0.39 is 15.9 Å². The molecule has 2 aromatic carbocycles. The average molecular weight is 445 g/mol. The Kier molecular flexibility index (Phi) is 6.21. The maximum Gasteiger partial charge on any atom is 0.255 e. The molecule has 4 rings (SSSR count). The van der Waals surface area contributed by atoms with E-state index in [9.17, 15) is 18.0 Å². The number of morpholine rings is 1. The third kappa shape index (κ3) is 4.87. The molecule has 2 aliphatic heterocycles. The van der Waals surface area contributed by atoms with Crippen LogP contribution in [-0.4, -0.2) is 70.5 Å². The summed E-state index contributed by atoms with van der Waals surface area (Å²) in [5.41, 5.74) is 1.89. The number of benzene rings is 2. The number of hydrogen-bond acceptors (Lipinski definition) is 6. The number of sulfonamides is 1. The van der Waals surface area contributed by atoms with Gasteiger partial charge in [-0.05, 0) is 42.5 Å². The van der Waals surface area contributed by atoms with Crippen LogP contribution < -0.4 is 15.5 Å². The number of carbonyl (C=O) groups excluding carboxylic acids is 2. The number of nitrogens with zero attached hydrogens (tertiary/aromatic N) is 2. The SMILES string of the molecule is O=C1CN(S(=O)(=O)c2cccc(C(=O)Nc3ccc(N4CCOCC4)cc3)c2)CCN1. The van der Waals surface area contributed by atoms with E-state index in [-0.39, 0.29) is 36.0 Å².